The Morgan fingerprint density at radius 2 is 1.89 bits per heavy atom. The van der Waals surface area contributed by atoms with Crippen LogP contribution in [0.25, 0.3) is 0 Å². The molecular weight excluding hydrogens is 254 g/mol. The first-order valence-electron chi connectivity index (χ1n) is 6.11. The van der Waals surface area contributed by atoms with Crippen LogP contribution in [0.2, 0.25) is 0 Å². The average Bonchev–Trinajstić information content (AvgIpc) is 2.35. The molecule has 108 valence electrons. The Balaban J connectivity index is 3.01. The highest BCUT2D eigenvalue weighted by molar-refractivity contribution is 5.50. The molecule has 6 heteroatoms. The first-order chi connectivity index (χ1) is 9.13. The maximum absolute atomic E-state index is 14.0. The van der Waals surface area contributed by atoms with Crippen LogP contribution in [0.15, 0.2) is 12.1 Å². The zero-order chi connectivity index (χ0) is 14.3. The van der Waals surface area contributed by atoms with Crippen molar-refractivity contribution >= 4 is 5.69 Å². The van der Waals surface area contributed by atoms with Crippen molar-refractivity contribution in [3.63, 3.8) is 0 Å². The van der Waals surface area contributed by atoms with Gasteiger partial charge in [-0.2, -0.15) is 0 Å². The van der Waals surface area contributed by atoms with E-state index in [4.69, 9.17) is 9.84 Å². The predicted molar refractivity (Wildman–Crippen MR) is 70.3 cm³/mol. The van der Waals surface area contributed by atoms with E-state index in [2.05, 4.69) is 5.32 Å². The average molecular weight is 274 g/mol. The van der Waals surface area contributed by atoms with Crippen molar-refractivity contribution in [1.29, 1.82) is 0 Å². The van der Waals surface area contributed by atoms with Crippen LogP contribution >= 0.6 is 0 Å². The maximum atomic E-state index is 14.0. The molecule has 0 amide bonds. The van der Waals surface area contributed by atoms with Gasteiger partial charge in [0.25, 0.3) is 0 Å². The van der Waals surface area contributed by atoms with Gasteiger partial charge in [0.1, 0.15) is 17.3 Å². The molecule has 0 aliphatic heterocycles. The number of aliphatic hydroxyl groups excluding tert-OH is 1. The third kappa shape index (κ3) is 4.41. The molecule has 1 rings (SSSR count). The second-order valence-electron chi connectivity index (χ2n) is 4.14. The highest BCUT2D eigenvalue weighted by Crippen LogP contribution is 2.24. The lowest BCUT2D eigenvalue weighted by atomic mass is 10.1. The topological polar surface area (TPSA) is 44.7 Å². The molecule has 0 fully saturated rings. The van der Waals surface area contributed by atoms with Crippen molar-refractivity contribution in [1.82, 2.24) is 5.32 Å². The Labute approximate surface area is 112 Å². The third-order valence-electron chi connectivity index (χ3n) is 2.71. The lowest BCUT2D eigenvalue weighted by Crippen LogP contribution is -2.32. The van der Waals surface area contributed by atoms with Crippen molar-refractivity contribution < 1.29 is 18.6 Å². The van der Waals surface area contributed by atoms with Crippen LogP contribution in [0, 0.1) is 11.6 Å². The molecule has 19 heavy (non-hydrogen) atoms. The Morgan fingerprint density at radius 1 is 1.26 bits per heavy atom. The molecule has 0 atom stereocenters. The summed E-state index contributed by atoms with van der Waals surface area (Å²) >= 11 is 0. The van der Waals surface area contributed by atoms with E-state index in [-0.39, 0.29) is 18.8 Å². The van der Waals surface area contributed by atoms with Gasteiger partial charge in [-0.3, -0.25) is 0 Å². The minimum Gasteiger partial charge on any atom is -0.395 e. The van der Waals surface area contributed by atoms with Crippen LogP contribution in [0.4, 0.5) is 14.5 Å². The van der Waals surface area contributed by atoms with Crippen LogP contribution in [-0.4, -0.2) is 45.6 Å². The highest BCUT2D eigenvalue weighted by Gasteiger charge is 2.17. The van der Waals surface area contributed by atoms with Gasteiger partial charge >= 0.3 is 0 Å². The maximum Gasteiger partial charge on any atom is 0.149 e. The summed E-state index contributed by atoms with van der Waals surface area (Å²) in [6, 6.07) is 2.60. The van der Waals surface area contributed by atoms with E-state index >= 15 is 0 Å². The van der Waals surface area contributed by atoms with Gasteiger partial charge in [0.05, 0.1) is 13.2 Å². The zero-order valence-corrected chi connectivity index (χ0v) is 11.2. The van der Waals surface area contributed by atoms with Crippen LogP contribution in [0.1, 0.15) is 5.56 Å². The number of aliphatic hydroxyl groups is 1. The zero-order valence-electron chi connectivity index (χ0n) is 11.2. The molecule has 1 aromatic carbocycles. The summed E-state index contributed by atoms with van der Waals surface area (Å²) in [4.78, 5) is 1.44. The minimum atomic E-state index is -0.630. The third-order valence-corrected chi connectivity index (χ3v) is 2.71. The number of ether oxygens (including phenoxy) is 1. The molecule has 0 saturated carbocycles. The van der Waals surface area contributed by atoms with Gasteiger partial charge in [-0.1, -0.05) is 0 Å². The second-order valence-corrected chi connectivity index (χ2v) is 4.14. The Kier molecular flexibility index (Phi) is 6.69. The molecule has 0 heterocycles. The summed E-state index contributed by atoms with van der Waals surface area (Å²) in [6.45, 7) is 1.02. The monoisotopic (exact) mass is 274 g/mol. The molecule has 0 bridgehead atoms. The molecule has 0 radical (unpaired) electrons. The Hall–Kier alpha value is -1.24. The normalized spacial score (nSPS) is 10.8. The molecule has 0 saturated heterocycles. The summed E-state index contributed by atoms with van der Waals surface area (Å²) < 4.78 is 32.9. The van der Waals surface area contributed by atoms with Crippen molar-refractivity contribution in [2.75, 3.05) is 45.4 Å². The van der Waals surface area contributed by atoms with E-state index in [1.807, 2.05) is 0 Å². The second kappa shape index (κ2) is 8.04. The van der Waals surface area contributed by atoms with Gasteiger partial charge in [0.2, 0.25) is 0 Å². The minimum absolute atomic E-state index is 0.119. The van der Waals surface area contributed by atoms with E-state index in [0.717, 1.165) is 0 Å². The van der Waals surface area contributed by atoms with Crippen LogP contribution in [-0.2, 0) is 11.3 Å². The van der Waals surface area contributed by atoms with E-state index < -0.39 is 11.6 Å². The van der Waals surface area contributed by atoms with Gasteiger partial charge < -0.3 is 20.1 Å². The number of halogens is 2. The first-order valence-corrected chi connectivity index (χ1v) is 6.11. The summed E-state index contributed by atoms with van der Waals surface area (Å²) in [5.74, 6) is -1.26. The van der Waals surface area contributed by atoms with Gasteiger partial charge in [-0.25, -0.2) is 8.78 Å². The Bertz CT molecular complexity index is 379. The van der Waals surface area contributed by atoms with Crippen LogP contribution in [0.3, 0.4) is 0 Å². The standard InChI is InChI=1S/C13H20F2N2O2/c1-16-9-10-7-11(14)13(12(15)8-10)17(3-5-18)4-6-19-2/h7-8,16,18H,3-6,9H2,1-2H3. The molecule has 4 nitrogen and oxygen atoms in total. The van der Waals surface area contributed by atoms with Gasteiger partial charge in [-0.05, 0) is 24.7 Å². The van der Waals surface area contributed by atoms with E-state index in [0.29, 0.717) is 25.3 Å². The quantitative estimate of drug-likeness (QED) is 0.746. The summed E-state index contributed by atoms with van der Waals surface area (Å²) in [5, 5.41) is 11.8. The van der Waals surface area contributed by atoms with E-state index in [1.54, 1.807) is 7.05 Å². The predicted octanol–water partition coefficient (Wildman–Crippen LogP) is 1.13. The van der Waals surface area contributed by atoms with E-state index in [1.165, 1.54) is 24.1 Å². The molecule has 0 unspecified atom stereocenters. The fourth-order valence-electron chi connectivity index (χ4n) is 1.88. The summed E-state index contributed by atoms with van der Waals surface area (Å²) in [5.41, 5.74) is 0.419. The number of nitrogens with zero attached hydrogens (tertiary/aromatic N) is 1. The fraction of sp³-hybridized carbons (Fsp3) is 0.538. The highest BCUT2D eigenvalue weighted by atomic mass is 19.1. The largest absolute Gasteiger partial charge is 0.395 e. The Morgan fingerprint density at radius 3 is 2.37 bits per heavy atom. The SMILES string of the molecule is CNCc1cc(F)c(N(CCO)CCOC)c(F)c1. The smallest absolute Gasteiger partial charge is 0.149 e. The van der Waals surface area contributed by atoms with Crippen molar-refractivity contribution in [2.45, 2.75) is 6.54 Å². The number of methoxy groups -OCH3 is 1. The summed E-state index contributed by atoms with van der Waals surface area (Å²) in [7, 11) is 3.22. The van der Waals surface area contributed by atoms with Crippen molar-refractivity contribution in [3.05, 3.63) is 29.3 Å². The number of hydrogen-bond donors (Lipinski definition) is 2. The summed E-state index contributed by atoms with van der Waals surface area (Å²) in [6.07, 6.45) is 0. The van der Waals surface area contributed by atoms with Gasteiger partial charge in [0, 0.05) is 26.7 Å². The number of nitrogens with one attached hydrogen (secondary N) is 1. The molecule has 1 aromatic rings. The fourth-order valence-corrected chi connectivity index (χ4v) is 1.88. The van der Waals surface area contributed by atoms with Gasteiger partial charge in [0.15, 0.2) is 0 Å². The molecular formula is C13H20F2N2O2. The number of rotatable bonds is 8. The lowest BCUT2D eigenvalue weighted by Gasteiger charge is -2.25. The van der Waals surface area contributed by atoms with Crippen LogP contribution in [0.5, 0.6) is 0 Å². The number of hydrogen-bond acceptors (Lipinski definition) is 4. The molecule has 0 spiro atoms. The molecule has 0 aliphatic rings. The van der Waals surface area contributed by atoms with Crippen molar-refractivity contribution in [3.8, 4) is 0 Å². The number of benzene rings is 1. The van der Waals surface area contributed by atoms with Gasteiger partial charge in [-0.15, -0.1) is 0 Å². The van der Waals surface area contributed by atoms with Crippen molar-refractivity contribution in [2.24, 2.45) is 0 Å². The molecule has 0 aromatic heterocycles. The lowest BCUT2D eigenvalue weighted by molar-refractivity contribution is 0.202. The molecule has 0 aliphatic carbocycles. The first kappa shape index (κ1) is 15.8. The number of anilines is 1. The van der Waals surface area contributed by atoms with Crippen LogP contribution < -0.4 is 10.2 Å². The molecule has 2 N–H and O–H groups in total. The van der Waals surface area contributed by atoms with E-state index in [9.17, 15) is 8.78 Å².